The molecule has 0 fully saturated rings. The third-order valence-corrected chi connectivity index (χ3v) is 2.29. The number of rotatable bonds is 3. The van der Waals surface area contributed by atoms with E-state index in [1.807, 2.05) is 13.8 Å². The fourth-order valence-corrected chi connectivity index (χ4v) is 1.23. The van der Waals surface area contributed by atoms with E-state index in [4.69, 9.17) is 5.73 Å². The van der Waals surface area contributed by atoms with Crippen molar-refractivity contribution in [2.24, 2.45) is 5.73 Å². The van der Waals surface area contributed by atoms with Gasteiger partial charge in [0.2, 0.25) is 5.91 Å². The molecule has 0 aliphatic rings. The number of hydrogen-bond acceptors (Lipinski definition) is 3. The first-order valence-corrected chi connectivity index (χ1v) is 4.90. The molecule has 0 atom stereocenters. The molecule has 0 radical (unpaired) electrons. The monoisotopic (exact) mass is 210 g/mol. The molecule has 1 aromatic rings. The van der Waals surface area contributed by atoms with Crippen LogP contribution in [0.5, 0.6) is 0 Å². The molecule has 84 valence electrons. The van der Waals surface area contributed by atoms with Gasteiger partial charge in [0.05, 0.1) is 11.2 Å². The van der Waals surface area contributed by atoms with Crippen molar-refractivity contribution in [3.05, 3.63) is 17.0 Å². The van der Waals surface area contributed by atoms with Crippen LogP contribution in [0.25, 0.3) is 0 Å². The average Bonchev–Trinajstić information content (AvgIpc) is 2.41. The molecule has 1 rings (SSSR count). The van der Waals surface area contributed by atoms with Crippen LogP contribution in [-0.4, -0.2) is 21.6 Å². The highest BCUT2D eigenvalue weighted by molar-refractivity contribution is 5.85. The van der Waals surface area contributed by atoms with Crippen LogP contribution in [0.15, 0.2) is 0 Å². The van der Waals surface area contributed by atoms with Gasteiger partial charge < -0.3 is 11.1 Å². The van der Waals surface area contributed by atoms with Gasteiger partial charge in [0.25, 0.3) is 0 Å². The second-order valence-corrected chi connectivity index (χ2v) is 4.32. The minimum atomic E-state index is -0.842. The summed E-state index contributed by atoms with van der Waals surface area (Å²) in [6.45, 7) is 7.65. The number of nitrogens with one attached hydrogen (secondary N) is 2. The Hall–Kier alpha value is -1.36. The van der Waals surface area contributed by atoms with Crippen molar-refractivity contribution in [3.63, 3.8) is 0 Å². The lowest BCUT2D eigenvalue weighted by atomic mass is 10.1. The maximum absolute atomic E-state index is 11.5. The van der Waals surface area contributed by atoms with Gasteiger partial charge in [-0.3, -0.25) is 9.89 Å². The Morgan fingerprint density at radius 3 is 2.53 bits per heavy atom. The van der Waals surface area contributed by atoms with Gasteiger partial charge in [0, 0.05) is 17.8 Å². The van der Waals surface area contributed by atoms with Crippen LogP contribution < -0.4 is 11.1 Å². The third-order valence-electron chi connectivity index (χ3n) is 2.29. The first kappa shape index (κ1) is 11.7. The first-order valence-electron chi connectivity index (χ1n) is 4.90. The summed E-state index contributed by atoms with van der Waals surface area (Å²) in [5.41, 5.74) is 7.72. The fourth-order valence-electron chi connectivity index (χ4n) is 1.23. The summed E-state index contributed by atoms with van der Waals surface area (Å²) < 4.78 is 0. The predicted octanol–water partition coefficient (Wildman–Crippen LogP) is 0.380. The van der Waals surface area contributed by atoms with Gasteiger partial charge in [0.15, 0.2) is 0 Å². The Labute approximate surface area is 89.4 Å². The molecular weight excluding hydrogens is 192 g/mol. The van der Waals surface area contributed by atoms with Crippen LogP contribution in [0.1, 0.15) is 30.8 Å². The van der Waals surface area contributed by atoms with Gasteiger partial charge in [-0.1, -0.05) is 0 Å². The number of carbonyl (C=O) groups excluding carboxylic acids is 1. The summed E-state index contributed by atoms with van der Waals surface area (Å²) in [6.07, 6.45) is 0. The summed E-state index contributed by atoms with van der Waals surface area (Å²) in [7, 11) is 0. The fraction of sp³-hybridized carbons (Fsp3) is 0.600. The minimum absolute atomic E-state index is 0.164. The minimum Gasteiger partial charge on any atom is -0.350 e. The largest absolute Gasteiger partial charge is 0.350 e. The Balaban J connectivity index is 2.62. The molecule has 15 heavy (non-hydrogen) atoms. The number of nitrogens with two attached hydrogens (primary N) is 1. The first-order chi connectivity index (χ1) is 6.82. The summed E-state index contributed by atoms with van der Waals surface area (Å²) in [5.74, 6) is -0.164. The van der Waals surface area contributed by atoms with Crippen LogP contribution in [0.2, 0.25) is 0 Å². The van der Waals surface area contributed by atoms with Crippen molar-refractivity contribution in [1.29, 1.82) is 0 Å². The normalized spacial score (nSPS) is 11.5. The van der Waals surface area contributed by atoms with E-state index in [9.17, 15) is 4.79 Å². The molecular formula is C10H18N4O. The number of aryl methyl sites for hydroxylation is 2. The van der Waals surface area contributed by atoms with Gasteiger partial charge >= 0.3 is 0 Å². The maximum atomic E-state index is 11.5. The van der Waals surface area contributed by atoms with Crippen LogP contribution in [0.4, 0.5) is 0 Å². The zero-order valence-electron chi connectivity index (χ0n) is 9.64. The molecule has 0 aliphatic heterocycles. The second kappa shape index (κ2) is 4.02. The van der Waals surface area contributed by atoms with Crippen LogP contribution in [0, 0.1) is 13.8 Å². The molecule has 1 amide bonds. The zero-order valence-corrected chi connectivity index (χ0v) is 9.64. The molecule has 0 unspecified atom stereocenters. The summed E-state index contributed by atoms with van der Waals surface area (Å²) in [4.78, 5) is 11.5. The van der Waals surface area contributed by atoms with Crippen LogP contribution in [0.3, 0.4) is 0 Å². The Bertz CT molecular complexity index is 342. The molecule has 0 spiro atoms. The highest BCUT2D eigenvalue weighted by Gasteiger charge is 2.21. The molecule has 0 saturated heterocycles. The molecule has 0 bridgehead atoms. The zero-order chi connectivity index (χ0) is 11.6. The number of nitrogens with zero attached hydrogens (tertiary/aromatic N) is 1. The standard InChI is InChI=1S/C10H18N4O/c1-6-8(7(2)14-13-6)5-12-9(15)10(3,4)11/h5,11H2,1-4H3,(H,12,15)(H,13,14). The van der Waals surface area contributed by atoms with Crippen molar-refractivity contribution in [2.45, 2.75) is 39.8 Å². The lowest BCUT2D eigenvalue weighted by Gasteiger charge is -2.17. The number of carbonyl (C=O) groups is 1. The number of amides is 1. The van der Waals surface area contributed by atoms with E-state index in [-0.39, 0.29) is 5.91 Å². The lowest BCUT2D eigenvalue weighted by Crippen LogP contribution is -2.48. The smallest absolute Gasteiger partial charge is 0.239 e. The molecule has 1 heterocycles. The molecule has 4 N–H and O–H groups in total. The molecule has 0 aliphatic carbocycles. The Morgan fingerprint density at radius 2 is 2.13 bits per heavy atom. The topological polar surface area (TPSA) is 83.8 Å². The van der Waals surface area contributed by atoms with Gasteiger partial charge in [-0.2, -0.15) is 5.10 Å². The molecule has 5 heteroatoms. The van der Waals surface area contributed by atoms with E-state index >= 15 is 0 Å². The van der Waals surface area contributed by atoms with E-state index < -0.39 is 5.54 Å². The van der Waals surface area contributed by atoms with E-state index in [0.717, 1.165) is 17.0 Å². The second-order valence-electron chi connectivity index (χ2n) is 4.32. The Morgan fingerprint density at radius 1 is 1.53 bits per heavy atom. The number of aromatic amines is 1. The Kier molecular flexibility index (Phi) is 3.14. The van der Waals surface area contributed by atoms with Gasteiger partial charge in [-0.25, -0.2) is 0 Å². The quantitative estimate of drug-likeness (QED) is 0.674. The average molecular weight is 210 g/mol. The van der Waals surface area contributed by atoms with Gasteiger partial charge in [0.1, 0.15) is 0 Å². The predicted molar refractivity (Wildman–Crippen MR) is 58.2 cm³/mol. The highest BCUT2D eigenvalue weighted by atomic mass is 16.2. The molecule has 5 nitrogen and oxygen atoms in total. The third kappa shape index (κ3) is 2.79. The summed E-state index contributed by atoms with van der Waals surface area (Å²) >= 11 is 0. The van der Waals surface area contributed by atoms with E-state index in [0.29, 0.717) is 6.54 Å². The molecule has 1 aromatic heterocycles. The van der Waals surface area contributed by atoms with Crippen molar-refractivity contribution < 1.29 is 4.79 Å². The van der Waals surface area contributed by atoms with Crippen molar-refractivity contribution in [1.82, 2.24) is 15.5 Å². The van der Waals surface area contributed by atoms with Gasteiger partial charge in [-0.05, 0) is 27.7 Å². The van der Waals surface area contributed by atoms with E-state index in [1.165, 1.54) is 0 Å². The summed E-state index contributed by atoms with van der Waals surface area (Å²) in [6, 6.07) is 0. The van der Waals surface area contributed by atoms with Crippen molar-refractivity contribution in [2.75, 3.05) is 0 Å². The maximum Gasteiger partial charge on any atom is 0.239 e. The molecule has 0 saturated carbocycles. The van der Waals surface area contributed by atoms with E-state index in [1.54, 1.807) is 13.8 Å². The summed E-state index contributed by atoms with van der Waals surface area (Å²) in [5, 5.41) is 9.70. The number of hydrogen-bond donors (Lipinski definition) is 3. The number of aromatic nitrogens is 2. The highest BCUT2D eigenvalue weighted by Crippen LogP contribution is 2.08. The van der Waals surface area contributed by atoms with Gasteiger partial charge in [-0.15, -0.1) is 0 Å². The molecule has 0 aromatic carbocycles. The SMILES string of the molecule is Cc1n[nH]c(C)c1CNC(=O)C(C)(C)N. The lowest BCUT2D eigenvalue weighted by molar-refractivity contribution is -0.125. The van der Waals surface area contributed by atoms with Crippen molar-refractivity contribution in [3.8, 4) is 0 Å². The van der Waals surface area contributed by atoms with E-state index in [2.05, 4.69) is 15.5 Å². The number of H-pyrrole nitrogens is 1. The van der Waals surface area contributed by atoms with Crippen molar-refractivity contribution >= 4 is 5.91 Å². The van der Waals surface area contributed by atoms with Crippen LogP contribution >= 0.6 is 0 Å². The van der Waals surface area contributed by atoms with Crippen LogP contribution in [-0.2, 0) is 11.3 Å².